The van der Waals surface area contributed by atoms with Crippen molar-refractivity contribution < 1.29 is 9.53 Å². The molecule has 1 saturated carbocycles. The predicted molar refractivity (Wildman–Crippen MR) is 88.2 cm³/mol. The largest absolute Gasteiger partial charge is 0.378 e. The first-order valence-corrected chi connectivity index (χ1v) is 8.26. The number of anilines is 1. The number of hydrogen-bond donors (Lipinski definition) is 1. The maximum absolute atomic E-state index is 12.2. The number of ether oxygens (including phenoxy) is 1. The van der Waals surface area contributed by atoms with Crippen LogP contribution in [0.15, 0.2) is 24.3 Å². The average molecular weight is 302 g/mol. The number of carbonyl (C=O) groups excluding carboxylic acids is 1. The van der Waals surface area contributed by atoms with E-state index in [0.29, 0.717) is 13.0 Å². The summed E-state index contributed by atoms with van der Waals surface area (Å²) < 4.78 is 5.99. The van der Waals surface area contributed by atoms with Crippen molar-refractivity contribution in [3.63, 3.8) is 0 Å². The maximum atomic E-state index is 12.2. The second-order valence-corrected chi connectivity index (χ2v) is 6.91. The Morgan fingerprint density at radius 3 is 2.59 bits per heavy atom. The van der Waals surface area contributed by atoms with Crippen molar-refractivity contribution >= 4 is 11.6 Å². The molecular weight excluding hydrogens is 276 g/mol. The lowest BCUT2D eigenvalue weighted by Gasteiger charge is -2.21. The first-order chi connectivity index (χ1) is 10.6. The Morgan fingerprint density at radius 1 is 1.27 bits per heavy atom. The fourth-order valence-corrected chi connectivity index (χ4v) is 3.68. The van der Waals surface area contributed by atoms with E-state index in [2.05, 4.69) is 22.3 Å². The van der Waals surface area contributed by atoms with E-state index in [1.54, 1.807) is 0 Å². The summed E-state index contributed by atoms with van der Waals surface area (Å²) in [6.07, 6.45) is 6.27. The minimum atomic E-state index is 0.0747. The number of amides is 1. The van der Waals surface area contributed by atoms with Crippen LogP contribution in [-0.2, 0) is 16.0 Å². The SMILES string of the molecule is CN(C)c1ccc(CC(=O)N[C@@H]2COC3(CCCC3)C2)cc1. The third-order valence-electron chi connectivity index (χ3n) is 4.91. The fourth-order valence-electron chi connectivity index (χ4n) is 3.68. The first kappa shape index (κ1) is 15.3. The average Bonchev–Trinajstić information content (AvgIpc) is 3.10. The van der Waals surface area contributed by atoms with Gasteiger partial charge in [0.2, 0.25) is 5.91 Å². The number of nitrogens with one attached hydrogen (secondary N) is 1. The zero-order valence-electron chi connectivity index (χ0n) is 13.6. The lowest BCUT2D eigenvalue weighted by Crippen LogP contribution is -2.37. The summed E-state index contributed by atoms with van der Waals surface area (Å²) in [5.41, 5.74) is 2.28. The van der Waals surface area contributed by atoms with Gasteiger partial charge in [-0.15, -0.1) is 0 Å². The molecule has 0 radical (unpaired) electrons. The van der Waals surface area contributed by atoms with E-state index >= 15 is 0 Å². The molecule has 1 atom stereocenters. The van der Waals surface area contributed by atoms with Gasteiger partial charge < -0.3 is 15.0 Å². The standard InChI is InChI=1S/C18H26N2O2/c1-20(2)16-7-5-14(6-8-16)11-17(21)19-15-12-18(22-13-15)9-3-4-10-18/h5-8,15H,3-4,9-13H2,1-2H3,(H,19,21)/t15-/m0/s1. The molecule has 1 aliphatic heterocycles. The summed E-state index contributed by atoms with van der Waals surface area (Å²) in [6, 6.07) is 8.34. The third kappa shape index (κ3) is 3.43. The van der Waals surface area contributed by atoms with Crippen LogP contribution in [0.25, 0.3) is 0 Å². The Labute approximate surface area is 132 Å². The smallest absolute Gasteiger partial charge is 0.224 e. The quantitative estimate of drug-likeness (QED) is 0.929. The highest BCUT2D eigenvalue weighted by Gasteiger charge is 2.42. The van der Waals surface area contributed by atoms with E-state index in [1.165, 1.54) is 12.8 Å². The van der Waals surface area contributed by atoms with Crippen LogP contribution in [0.4, 0.5) is 5.69 Å². The van der Waals surface area contributed by atoms with Gasteiger partial charge in [-0.25, -0.2) is 0 Å². The lowest BCUT2D eigenvalue weighted by molar-refractivity contribution is -0.121. The molecule has 1 aliphatic carbocycles. The van der Waals surface area contributed by atoms with Crippen LogP contribution in [0.1, 0.15) is 37.7 Å². The number of carbonyl (C=O) groups is 1. The second kappa shape index (κ2) is 6.29. The van der Waals surface area contributed by atoms with Crippen molar-refractivity contribution in [2.24, 2.45) is 0 Å². The number of benzene rings is 1. The highest BCUT2D eigenvalue weighted by atomic mass is 16.5. The molecule has 4 heteroatoms. The summed E-state index contributed by atoms with van der Waals surface area (Å²) >= 11 is 0. The Balaban J connectivity index is 1.50. The third-order valence-corrected chi connectivity index (χ3v) is 4.91. The minimum Gasteiger partial charge on any atom is -0.378 e. The summed E-state index contributed by atoms with van der Waals surface area (Å²) in [7, 11) is 4.03. The van der Waals surface area contributed by atoms with Gasteiger partial charge in [0, 0.05) is 19.8 Å². The zero-order valence-corrected chi connectivity index (χ0v) is 13.6. The molecule has 3 rings (SSSR count). The molecule has 2 aliphatic rings. The minimum absolute atomic E-state index is 0.0747. The van der Waals surface area contributed by atoms with Gasteiger partial charge in [-0.3, -0.25) is 4.79 Å². The molecule has 2 fully saturated rings. The Morgan fingerprint density at radius 2 is 1.95 bits per heavy atom. The molecule has 0 aromatic heterocycles. The fraction of sp³-hybridized carbons (Fsp3) is 0.611. The molecule has 1 N–H and O–H groups in total. The summed E-state index contributed by atoms with van der Waals surface area (Å²) in [5.74, 6) is 0.0984. The molecule has 0 bridgehead atoms. The Hall–Kier alpha value is -1.55. The maximum Gasteiger partial charge on any atom is 0.224 e. The van der Waals surface area contributed by atoms with Gasteiger partial charge >= 0.3 is 0 Å². The molecule has 1 spiro atoms. The predicted octanol–water partition coefficient (Wildman–Crippen LogP) is 2.51. The summed E-state index contributed by atoms with van der Waals surface area (Å²) in [6.45, 7) is 0.672. The van der Waals surface area contributed by atoms with Gasteiger partial charge in [0.1, 0.15) is 0 Å². The molecule has 4 nitrogen and oxygen atoms in total. The van der Waals surface area contributed by atoms with E-state index in [4.69, 9.17) is 4.74 Å². The van der Waals surface area contributed by atoms with Crippen LogP contribution in [0.5, 0.6) is 0 Å². The van der Waals surface area contributed by atoms with Crippen molar-refractivity contribution in [3.05, 3.63) is 29.8 Å². The van der Waals surface area contributed by atoms with Gasteiger partial charge in [0.05, 0.1) is 24.7 Å². The first-order valence-electron chi connectivity index (χ1n) is 8.26. The molecule has 0 unspecified atom stereocenters. The molecule has 1 aromatic rings. The van der Waals surface area contributed by atoms with Crippen molar-refractivity contribution in [3.8, 4) is 0 Å². The molecular formula is C18H26N2O2. The van der Waals surface area contributed by atoms with Gasteiger partial charge in [-0.2, -0.15) is 0 Å². The second-order valence-electron chi connectivity index (χ2n) is 6.91. The van der Waals surface area contributed by atoms with Crippen LogP contribution in [-0.4, -0.2) is 38.3 Å². The van der Waals surface area contributed by atoms with E-state index in [0.717, 1.165) is 30.5 Å². The molecule has 1 aromatic carbocycles. The van der Waals surface area contributed by atoms with Crippen LogP contribution in [0.2, 0.25) is 0 Å². The Bertz CT molecular complexity index is 518. The Kier molecular flexibility index (Phi) is 4.39. The van der Waals surface area contributed by atoms with Crippen molar-refractivity contribution in [2.45, 2.75) is 50.2 Å². The van der Waals surface area contributed by atoms with E-state index in [1.807, 2.05) is 26.2 Å². The van der Waals surface area contributed by atoms with E-state index in [9.17, 15) is 4.79 Å². The van der Waals surface area contributed by atoms with Crippen molar-refractivity contribution in [1.29, 1.82) is 0 Å². The molecule has 1 amide bonds. The van der Waals surface area contributed by atoms with Crippen LogP contribution in [0, 0.1) is 0 Å². The van der Waals surface area contributed by atoms with E-state index < -0.39 is 0 Å². The van der Waals surface area contributed by atoms with Gasteiger partial charge in [-0.1, -0.05) is 25.0 Å². The van der Waals surface area contributed by atoms with Gasteiger partial charge in [-0.05, 0) is 37.0 Å². The summed E-state index contributed by atoms with van der Waals surface area (Å²) in [5, 5.41) is 3.14. The monoisotopic (exact) mass is 302 g/mol. The highest BCUT2D eigenvalue weighted by Crippen LogP contribution is 2.40. The van der Waals surface area contributed by atoms with Gasteiger partial charge in [0.15, 0.2) is 0 Å². The van der Waals surface area contributed by atoms with Gasteiger partial charge in [0.25, 0.3) is 0 Å². The lowest BCUT2D eigenvalue weighted by atomic mass is 9.96. The molecule has 1 heterocycles. The number of rotatable bonds is 4. The number of hydrogen-bond acceptors (Lipinski definition) is 3. The topological polar surface area (TPSA) is 41.6 Å². The van der Waals surface area contributed by atoms with E-state index in [-0.39, 0.29) is 17.6 Å². The van der Waals surface area contributed by atoms with Crippen molar-refractivity contribution in [2.75, 3.05) is 25.6 Å². The molecule has 1 saturated heterocycles. The molecule has 120 valence electrons. The number of nitrogens with zero attached hydrogens (tertiary/aromatic N) is 1. The normalized spacial score (nSPS) is 22.9. The van der Waals surface area contributed by atoms with Crippen LogP contribution >= 0.6 is 0 Å². The van der Waals surface area contributed by atoms with Crippen LogP contribution in [0.3, 0.4) is 0 Å². The van der Waals surface area contributed by atoms with Crippen molar-refractivity contribution in [1.82, 2.24) is 5.32 Å². The summed E-state index contributed by atoms with van der Waals surface area (Å²) in [4.78, 5) is 14.3. The highest BCUT2D eigenvalue weighted by molar-refractivity contribution is 5.79. The van der Waals surface area contributed by atoms with Crippen LogP contribution < -0.4 is 10.2 Å². The zero-order chi connectivity index (χ0) is 15.6. The molecule has 22 heavy (non-hydrogen) atoms.